The summed E-state index contributed by atoms with van der Waals surface area (Å²) in [5, 5.41) is 10.6. The molecule has 17 nitrogen and oxygen atoms in total. The smallest absolute Gasteiger partial charge is 0.462 e. The topological polar surface area (TPSA) is 237 Å². The normalized spacial score (nSPS) is 14.2. The first kappa shape index (κ1) is 96.5. The number of aliphatic hydroxyl groups excluding tert-OH is 1. The third kappa shape index (κ3) is 73.6. The summed E-state index contributed by atoms with van der Waals surface area (Å²) in [7, 11) is -9.93. The Hall–Kier alpha value is -2.46. The van der Waals surface area contributed by atoms with Gasteiger partial charge in [0, 0.05) is 25.7 Å². The lowest BCUT2D eigenvalue weighted by atomic mass is 10.0. The van der Waals surface area contributed by atoms with Gasteiger partial charge in [-0.15, -0.1) is 0 Å². The molecule has 19 heteroatoms. The van der Waals surface area contributed by atoms with Crippen molar-refractivity contribution in [3.63, 3.8) is 0 Å². The molecule has 0 saturated carbocycles. The lowest BCUT2D eigenvalue weighted by Crippen LogP contribution is -2.30. The van der Waals surface area contributed by atoms with Crippen LogP contribution in [0, 0.1) is 17.8 Å². The van der Waals surface area contributed by atoms with Crippen LogP contribution in [0.25, 0.3) is 0 Å². The van der Waals surface area contributed by atoms with Gasteiger partial charge in [-0.3, -0.25) is 37.3 Å². The zero-order chi connectivity index (χ0) is 73.0. The van der Waals surface area contributed by atoms with Gasteiger partial charge in [-0.2, -0.15) is 0 Å². The second-order valence-corrected chi connectivity index (χ2v) is 32.5. The fraction of sp³-hybridized carbons (Fsp3) is 0.900. The number of hydrogen-bond donors (Lipinski definition) is 3. The molecule has 0 bridgehead atoms. The fourth-order valence-electron chi connectivity index (χ4n) is 11.8. The maximum atomic E-state index is 13.1. The Morgan fingerprint density at radius 2 is 0.545 bits per heavy atom. The largest absolute Gasteiger partial charge is 0.472 e. The molecule has 3 N–H and O–H groups in total. The Morgan fingerprint density at radius 1 is 0.313 bits per heavy atom. The van der Waals surface area contributed by atoms with E-state index < -0.39 is 97.5 Å². The molecule has 3 unspecified atom stereocenters. The quantitative estimate of drug-likeness (QED) is 0.0169. The average molecular weight is 1450 g/mol. The predicted molar refractivity (Wildman–Crippen MR) is 404 cm³/mol. The minimum atomic E-state index is -4.97. The molecule has 5 atom stereocenters. The van der Waals surface area contributed by atoms with Crippen LogP contribution in [0.15, 0.2) is 24.3 Å². The van der Waals surface area contributed by atoms with Crippen molar-refractivity contribution in [1.82, 2.24) is 0 Å². The average Bonchev–Trinajstić information content (AvgIpc) is 0.961. The van der Waals surface area contributed by atoms with E-state index in [1.807, 2.05) is 0 Å². The minimum absolute atomic E-state index is 0.100. The summed E-state index contributed by atoms with van der Waals surface area (Å²) in [5.74, 6) is 0.127. The van der Waals surface area contributed by atoms with E-state index in [0.717, 1.165) is 127 Å². The van der Waals surface area contributed by atoms with Crippen molar-refractivity contribution in [2.75, 3.05) is 39.6 Å². The Balaban J connectivity index is 5.26. The van der Waals surface area contributed by atoms with Crippen molar-refractivity contribution in [3.05, 3.63) is 24.3 Å². The van der Waals surface area contributed by atoms with Crippen molar-refractivity contribution in [3.8, 4) is 0 Å². The van der Waals surface area contributed by atoms with Gasteiger partial charge in [-0.05, 0) is 69.1 Å². The zero-order valence-corrected chi connectivity index (χ0v) is 66.2. The fourth-order valence-corrected chi connectivity index (χ4v) is 13.3. The predicted octanol–water partition coefficient (Wildman–Crippen LogP) is 23.3. The van der Waals surface area contributed by atoms with Crippen LogP contribution in [-0.2, 0) is 65.4 Å². The molecule has 99 heavy (non-hydrogen) atoms. The molecule has 0 amide bonds. The highest BCUT2D eigenvalue weighted by molar-refractivity contribution is 7.47. The third-order valence-electron chi connectivity index (χ3n) is 18.0. The highest BCUT2D eigenvalue weighted by Gasteiger charge is 2.30. The van der Waals surface area contributed by atoms with E-state index in [1.165, 1.54) is 173 Å². The molecular weight excluding hydrogens is 1290 g/mol. The number of carbonyl (C=O) groups is 4. The van der Waals surface area contributed by atoms with Crippen molar-refractivity contribution < 1.29 is 80.2 Å². The Kier molecular flexibility index (Phi) is 68.1. The van der Waals surface area contributed by atoms with Crippen molar-refractivity contribution in [2.45, 2.75) is 407 Å². The molecule has 0 radical (unpaired) electrons. The molecular formula is C80H152O17P2. The van der Waals surface area contributed by atoms with Gasteiger partial charge in [0.1, 0.15) is 19.3 Å². The number of allylic oxidation sites excluding steroid dienone is 4. The van der Waals surface area contributed by atoms with E-state index in [9.17, 15) is 43.2 Å². The molecule has 0 aliphatic carbocycles. The van der Waals surface area contributed by atoms with Gasteiger partial charge in [0.2, 0.25) is 0 Å². The third-order valence-corrected chi connectivity index (χ3v) is 19.9. The summed E-state index contributed by atoms with van der Waals surface area (Å²) < 4.78 is 68.6. The molecule has 0 spiro atoms. The number of unbranched alkanes of at least 4 members (excludes halogenated alkanes) is 41. The van der Waals surface area contributed by atoms with Crippen LogP contribution in [0.2, 0.25) is 0 Å². The van der Waals surface area contributed by atoms with Crippen LogP contribution >= 0.6 is 15.6 Å². The summed E-state index contributed by atoms with van der Waals surface area (Å²) in [4.78, 5) is 72.9. The van der Waals surface area contributed by atoms with Crippen molar-refractivity contribution in [1.29, 1.82) is 0 Å². The number of carbonyl (C=O) groups excluding carboxylic acids is 4. The van der Waals surface area contributed by atoms with Crippen LogP contribution in [-0.4, -0.2) is 96.7 Å². The van der Waals surface area contributed by atoms with E-state index in [2.05, 4.69) is 72.8 Å². The SMILES string of the molecule is CCCCCC/C=C\C=C/CCCCCCCC(=O)OC[C@H](COP(=O)(O)OCC(O)COP(=O)(O)OC[C@@H](COC(=O)CCCCCCCCC(C)C)OC(=O)CCCCCCCCCCCCCCCCCC(C)C)OC(=O)CCCCCCCCCCCCCCCCC(C)C. The molecule has 0 aliphatic heterocycles. The Labute approximate surface area is 605 Å². The van der Waals surface area contributed by atoms with E-state index in [1.54, 1.807) is 0 Å². The van der Waals surface area contributed by atoms with E-state index in [4.69, 9.17) is 37.0 Å². The first-order chi connectivity index (χ1) is 47.7. The van der Waals surface area contributed by atoms with Crippen LogP contribution in [0.1, 0.15) is 389 Å². The number of ether oxygens (including phenoxy) is 4. The summed E-state index contributed by atoms with van der Waals surface area (Å²) in [6.45, 7) is 11.8. The zero-order valence-electron chi connectivity index (χ0n) is 64.4. The molecule has 0 saturated heterocycles. The number of hydrogen-bond acceptors (Lipinski definition) is 15. The van der Waals surface area contributed by atoms with E-state index >= 15 is 0 Å². The molecule has 584 valence electrons. The molecule has 0 aromatic carbocycles. The Morgan fingerprint density at radius 3 is 0.818 bits per heavy atom. The highest BCUT2D eigenvalue weighted by Crippen LogP contribution is 2.45. The molecule has 0 aliphatic rings. The first-order valence-electron chi connectivity index (χ1n) is 40.7. The van der Waals surface area contributed by atoms with Gasteiger partial charge >= 0.3 is 39.5 Å². The lowest BCUT2D eigenvalue weighted by molar-refractivity contribution is -0.161. The maximum absolute atomic E-state index is 13.1. The molecule has 0 heterocycles. The number of phosphoric ester groups is 2. The molecule has 0 aromatic rings. The van der Waals surface area contributed by atoms with Crippen molar-refractivity contribution in [2.24, 2.45) is 17.8 Å². The number of rotatable bonds is 76. The van der Waals surface area contributed by atoms with Crippen LogP contribution in [0.4, 0.5) is 0 Å². The van der Waals surface area contributed by atoms with Gasteiger partial charge in [0.25, 0.3) is 0 Å². The first-order valence-corrected chi connectivity index (χ1v) is 43.7. The summed E-state index contributed by atoms with van der Waals surface area (Å²) in [5.41, 5.74) is 0. The van der Waals surface area contributed by atoms with Gasteiger partial charge < -0.3 is 33.8 Å². The second-order valence-electron chi connectivity index (χ2n) is 29.5. The lowest BCUT2D eigenvalue weighted by Gasteiger charge is -2.21. The number of aliphatic hydroxyl groups is 1. The maximum Gasteiger partial charge on any atom is 0.472 e. The second kappa shape index (κ2) is 69.9. The van der Waals surface area contributed by atoms with Crippen LogP contribution in [0.5, 0.6) is 0 Å². The summed E-state index contributed by atoms with van der Waals surface area (Å²) >= 11 is 0. The van der Waals surface area contributed by atoms with Gasteiger partial charge in [-0.25, -0.2) is 9.13 Å². The van der Waals surface area contributed by atoms with Gasteiger partial charge in [0.15, 0.2) is 12.2 Å². The van der Waals surface area contributed by atoms with Gasteiger partial charge in [-0.1, -0.05) is 336 Å². The van der Waals surface area contributed by atoms with E-state index in [-0.39, 0.29) is 25.7 Å². The summed E-state index contributed by atoms with van der Waals surface area (Å²) in [6.07, 6.45) is 60.6. The molecule has 0 fully saturated rings. The molecule has 0 rings (SSSR count). The Bertz CT molecular complexity index is 2020. The van der Waals surface area contributed by atoms with Gasteiger partial charge in [0.05, 0.1) is 26.4 Å². The van der Waals surface area contributed by atoms with Crippen LogP contribution in [0.3, 0.4) is 0 Å². The minimum Gasteiger partial charge on any atom is -0.462 e. The summed E-state index contributed by atoms with van der Waals surface area (Å²) in [6, 6.07) is 0. The monoisotopic (exact) mass is 1450 g/mol. The van der Waals surface area contributed by atoms with Crippen molar-refractivity contribution >= 4 is 39.5 Å². The number of esters is 4. The standard InChI is InChI=1S/C80H152O17P2/c1-8-9-10-11-12-13-14-15-17-24-29-34-39-47-54-61-77(82)90-67-75(96-79(84)63-57-50-41-36-31-26-21-20-23-28-33-38-45-52-59-72(4)5)69-94-98(86,87)92-65-74(81)66-93-99(88,89)95-70-76(68-91-78(83)62-55-48-43-42-46-53-60-73(6)7)97-80(85)64-56-49-40-35-30-25-19-16-18-22-27-32-37-44-51-58-71(2)3/h13-15,17,71-76,81H,8-12,16,18-70H2,1-7H3,(H,86,87)(H,88,89)/b14-13-,17-15-/t74?,75-,76-/m1/s1. The van der Waals surface area contributed by atoms with E-state index in [0.29, 0.717) is 31.6 Å². The highest BCUT2D eigenvalue weighted by atomic mass is 31.2. The molecule has 0 aromatic heterocycles. The number of phosphoric acid groups is 2. The van der Waals surface area contributed by atoms with Crippen LogP contribution < -0.4 is 0 Å².